The van der Waals surface area contributed by atoms with E-state index in [2.05, 4.69) is 11.9 Å². The highest BCUT2D eigenvalue weighted by atomic mass is 19.4. The molecule has 0 radical (unpaired) electrons. The lowest BCUT2D eigenvalue weighted by molar-refractivity contribution is -0.141. The zero-order valence-corrected chi connectivity index (χ0v) is 14.0. The first kappa shape index (κ1) is 17.3. The van der Waals surface area contributed by atoms with Gasteiger partial charge in [-0.1, -0.05) is 6.92 Å². The SMILES string of the molecule is Cc1ccc(C2CC(C)CCN2c2nc(C(F)(F)F)ccc2C#N)o1. The Balaban J connectivity index is 2.07. The predicted molar refractivity (Wildman–Crippen MR) is 85.9 cm³/mol. The van der Waals surface area contributed by atoms with E-state index in [4.69, 9.17) is 4.42 Å². The van der Waals surface area contributed by atoms with Crippen LogP contribution in [-0.4, -0.2) is 11.5 Å². The van der Waals surface area contributed by atoms with Gasteiger partial charge in [-0.15, -0.1) is 0 Å². The van der Waals surface area contributed by atoms with Crippen molar-refractivity contribution in [3.8, 4) is 6.07 Å². The Morgan fingerprint density at radius 2 is 2.04 bits per heavy atom. The summed E-state index contributed by atoms with van der Waals surface area (Å²) in [5.74, 6) is 1.91. The first-order chi connectivity index (χ1) is 11.8. The van der Waals surface area contributed by atoms with Crippen LogP contribution in [-0.2, 0) is 6.18 Å². The number of nitrogens with zero attached hydrogens (tertiary/aromatic N) is 3. The predicted octanol–water partition coefficient (Wildman–Crippen LogP) is 4.85. The van der Waals surface area contributed by atoms with Gasteiger partial charge in [-0.2, -0.15) is 18.4 Å². The van der Waals surface area contributed by atoms with Gasteiger partial charge in [0.1, 0.15) is 29.1 Å². The molecule has 2 aromatic rings. The van der Waals surface area contributed by atoms with Crippen LogP contribution in [0.3, 0.4) is 0 Å². The first-order valence-corrected chi connectivity index (χ1v) is 8.11. The average molecular weight is 349 g/mol. The largest absolute Gasteiger partial charge is 0.464 e. The van der Waals surface area contributed by atoms with Crippen LogP contribution in [0.4, 0.5) is 19.0 Å². The molecule has 2 aromatic heterocycles. The van der Waals surface area contributed by atoms with Crippen molar-refractivity contribution in [2.24, 2.45) is 5.92 Å². The molecule has 1 saturated heterocycles. The third-order valence-corrected chi connectivity index (χ3v) is 4.51. The molecular weight excluding hydrogens is 331 g/mol. The van der Waals surface area contributed by atoms with Crippen molar-refractivity contribution in [2.75, 3.05) is 11.4 Å². The van der Waals surface area contributed by atoms with Crippen LogP contribution < -0.4 is 4.90 Å². The van der Waals surface area contributed by atoms with E-state index in [0.717, 1.165) is 24.7 Å². The van der Waals surface area contributed by atoms with Crippen molar-refractivity contribution in [2.45, 2.75) is 38.9 Å². The third kappa shape index (κ3) is 3.48. The maximum absolute atomic E-state index is 13.1. The molecule has 1 fully saturated rings. The molecule has 0 saturated carbocycles. The minimum Gasteiger partial charge on any atom is -0.464 e. The molecule has 2 atom stereocenters. The third-order valence-electron chi connectivity index (χ3n) is 4.51. The molecule has 0 spiro atoms. The lowest BCUT2D eigenvalue weighted by atomic mass is 9.90. The maximum Gasteiger partial charge on any atom is 0.433 e. The van der Waals surface area contributed by atoms with Crippen molar-refractivity contribution >= 4 is 5.82 Å². The fourth-order valence-corrected chi connectivity index (χ4v) is 3.21. The van der Waals surface area contributed by atoms with E-state index in [-0.39, 0.29) is 17.4 Å². The van der Waals surface area contributed by atoms with E-state index < -0.39 is 11.9 Å². The molecular formula is C18H18F3N3O. The number of hydrogen-bond donors (Lipinski definition) is 0. The fourth-order valence-electron chi connectivity index (χ4n) is 3.21. The summed E-state index contributed by atoms with van der Waals surface area (Å²) in [5, 5.41) is 9.33. The van der Waals surface area contributed by atoms with E-state index in [0.29, 0.717) is 18.2 Å². The molecule has 7 heteroatoms. The maximum atomic E-state index is 13.1. The first-order valence-electron chi connectivity index (χ1n) is 8.11. The summed E-state index contributed by atoms with van der Waals surface area (Å²) in [6.45, 7) is 4.45. The number of pyridine rings is 1. The smallest absolute Gasteiger partial charge is 0.433 e. The summed E-state index contributed by atoms with van der Waals surface area (Å²) in [6.07, 6.45) is -3.00. The number of halogens is 3. The second-order valence-electron chi connectivity index (χ2n) is 6.46. The molecule has 25 heavy (non-hydrogen) atoms. The van der Waals surface area contributed by atoms with E-state index in [1.54, 1.807) is 4.90 Å². The lowest BCUT2D eigenvalue weighted by Crippen LogP contribution is -2.37. The van der Waals surface area contributed by atoms with Crippen LogP contribution in [0.15, 0.2) is 28.7 Å². The molecule has 1 aliphatic rings. The molecule has 0 amide bonds. The Morgan fingerprint density at radius 3 is 2.64 bits per heavy atom. The summed E-state index contributed by atoms with van der Waals surface area (Å²) in [5.41, 5.74) is -0.856. The molecule has 3 rings (SSSR count). The number of alkyl halides is 3. The van der Waals surface area contributed by atoms with Crippen LogP contribution in [0.1, 0.15) is 48.6 Å². The van der Waals surface area contributed by atoms with Gasteiger partial charge in [-0.25, -0.2) is 4.98 Å². The Kier molecular flexibility index (Phi) is 4.46. The summed E-state index contributed by atoms with van der Waals surface area (Å²) in [4.78, 5) is 5.55. The van der Waals surface area contributed by atoms with Crippen LogP contribution in [0, 0.1) is 24.2 Å². The number of aromatic nitrogens is 1. The number of anilines is 1. The second-order valence-corrected chi connectivity index (χ2v) is 6.46. The van der Waals surface area contributed by atoms with Crippen molar-refractivity contribution in [1.29, 1.82) is 5.26 Å². The highest BCUT2D eigenvalue weighted by Gasteiger charge is 2.36. The van der Waals surface area contributed by atoms with Crippen molar-refractivity contribution in [1.82, 2.24) is 4.98 Å². The second kappa shape index (κ2) is 6.43. The monoisotopic (exact) mass is 349 g/mol. The average Bonchev–Trinajstić information content (AvgIpc) is 3.00. The van der Waals surface area contributed by atoms with Crippen LogP contribution in [0.5, 0.6) is 0 Å². The van der Waals surface area contributed by atoms with Crippen LogP contribution >= 0.6 is 0 Å². The van der Waals surface area contributed by atoms with Gasteiger partial charge in [0.15, 0.2) is 0 Å². The summed E-state index contributed by atoms with van der Waals surface area (Å²) in [7, 11) is 0. The van der Waals surface area contributed by atoms with Crippen molar-refractivity contribution in [3.05, 3.63) is 47.0 Å². The van der Waals surface area contributed by atoms with Gasteiger partial charge in [0.2, 0.25) is 0 Å². The Hall–Kier alpha value is -2.49. The standard InChI is InChI=1S/C18H18F3N3O/c1-11-7-8-24(14(9-11)15-5-3-12(2)25-15)17-13(10-22)4-6-16(23-17)18(19,20)21/h3-6,11,14H,7-9H2,1-2H3. The number of rotatable bonds is 2. The van der Waals surface area contributed by atoms with E-state index >= 15 is 0 Å². The van der Waals surface area contributed by atoms with Gasteiger partial charge in [0, 0.05) is 6.54 Å². The lowest BCUT2D eigenvalue weighted by Gasteiger charge is -2.38. The molecule has 132 valence electrons. The Labute approximate surface area is 143 Å². The molecule has 0 N–H and O–H groups in total. The van der Waals surface area contributed by atoms with Gasteiger partial charge in [-0.05, 0) is 49.9 Å². The van der Waals surface area contributed by atoms with E-state index in [1.165, 1.54) is 6.07 Å². The van der Waals surface area contributed by atoms with Gasteiger partial charge in [0.05, 0.1) is 11.6 Å². The summed E-state index contributed by atoms with van der Waals surface area (Å²) < 4.78 is 44.9. The quantitative estimate of drug-likeness (QED) is 0.778. The van der Waals surface area contributed by atoms with Crippen molar-refractivity contribution < 1.29 is 17.6 Å². The van der Waals surface area contributed by atoms with E-state index in [1.807, 2.05) is 25.1 Å². The number of piperidine rings is 1. The normalized spacial score (nSPS) is 21.2. The molecule has 3 heterocycles. The minimum atomic E-state index is -4.55. The minimum absolute atomic E-state index is 0.0725. The van der Waals surface area contributed by atoms with Gasteiger partial charge >= 0.3 is 6.18 Å². The molecule has 0 bridgehead atoms. The number of nitriles is 1. The zero-order chi connectivity index (χ0) is 18.2. The Bertz CT molecular complexity index is 807. The van der Waals surface area contributed by atoms with Gasteiger partial charge < -0.3 is 9.32 Å². The molecule has 0 aliphatic carbocycles. The zero-order valence-electron chi connectivity index (χ0n) is 14.0. The van der Waals surface area contributed by atoms with Crippen LogP contribution in [0.25, 0.3) is 0 Å². The van der Waals surface area contributed by atoms with Gasteiger partial charge in [0.25, 0.3) is 0 Å². The molecule has 1 aliphatic heterocycles. The number of hydrogen-bond acceptors (Lipinski definition) is 4. The number of furan rings is 1. The molecule has 2 unspecified atom stereocenters. The number of aryl methyl sites for hydroxylation is 1. The summed E-state index contributed by atoms with van der Waals surface area (Å²) >= 11 is 0. The highest BCUT2D eigenvalue weighted by molar-refractivity contribution is 5.56. The highest BCUT2D eigenvalue weighted by Crippen LogP contribution is 2.39. The van der Waals surface area contributed by atoms with Gasteiger partial charge in [-0.3, -0.25) is 0 Å². The van der Waals surface area contributed by atoms with Crippen molar-refractivity contribution in [3.63, 3.8) is 0 Å². The summed E-state index contributed by atoms with van der Waals surface area (Å²) in [6, 6.07) is 7.43. The van der Waals surface area contributed by atoms with Crippen LogP contribution in [0.2, 0.25) is 0 Å². The van der Waals surface area contributed by atoms with E-state index in [9.17, 15) is 18.4 Å². The molecule has 0 aromatic carbocycles. The Morgan fingerprint density at radius 1 is 1.28 bits per heavy atom. The fraction of sp³-hybridized carbons (Fsp3) is 0.444. The topological polar surface area (TPSA) is 53.1 Å². The molecule has 4 nitrogen and oxygen atoms in total.